The molecule has 2 heterocycles. The number of hydrogen-bond donors (Lipinski definition) is 0. The fourth-order valence-electron chi connectivity index (χ4n) is 3.40. The van der Waals surface area contributed by atoms with Gasteiger partial charge in [0.2, 0.25) is 0 Å². The third kappa shape index (κ3) is 3.26. The van der Waals surface area contributed by atoms with Gasteiger partial charge in [0.1, 0.15) is 0 Å². The topological polar surface area (TPSA) is 27.1 Å². The summed E-state index contributed by atoms with van der Waals surface area (Å²) in [6.07, 6.45) is 2.40. The van der Waals surface area contributed by atoms with Crippen molar-refractivity contribution in [3.8, 4) is 5.75 Å². The van der Waals surface area contributed by atoms with E-state index in [-0.39, 0.29) is 21.0 Å². The number of thioether (sulfide) groups is 1. The van der Waals surface area contributed by atoms with E-state index in [2.05, 4.69) is 77.4 Å². The van der Waals surface area contributed by atoms with Gasteiger partial charge < -0.3 is 0 Å². The number of allylic oxidation sites excluding steroid dienone is 1. The molecule has 28 heavy (non-hydrogen) atoms. The van der Waals surface area contributed by atoms with Crippen LogP contribution in [0.25, 0.3) is 11.0 Å². The Kier molecular flexibility index (Phi) is 4.73. The van der Waals surface area contributed by atoms with E-state index < -0.39 is 0 Å². The molecule has 1 aromatic heterocycles. The monoisotopic (exact) mass is 450 g/mol. The number of para-hydroxylation sites is 2. The summed E-state index contributed by atoms with van der Waals surface area (Å²) in [5.74, 6) is 0.877. The Morgan fingerprint density at radius 2 is 1.68 bits per heavy atom. The van der Waals surface area contributed by atoms with Gasteiger partial charge in [0.15, 0.2) is 0 Å². The molecule has 1 unspecified atom stereocenters. The van der Waals surface area contributed by atoms with Crippen LogP contribution in [0.3, 0.4) is 0 Å². The summed E-state index contributed by atoms with van der Waals surface area (Å²) in [6.45, 7) is 0. The van der Waals surface area contributed by atoms with Crippen LogP contribution in [0.5, 0.6) is 5.75 Å². The van der Waals surface area contributed by atoms with E-state index in [0.717, 1.165) is 16.4 Å². The van der Waals surface area contributed by atoms with E-state index in [1.165, 1.54) is 19.3 Å². The normalized spacial score (nSPS) is 15.9. The molecule has 1 atom stereocenters. The Morgan fingerprint density at radius 1 is 0.929 bits per heavy atom. The van der Waals surface area contributed by atoms with Crippen LogP contribution >= 0.6 is 11.8 Å². The summed E-state index contributed by atoms with van der Waals surface area (Å²) in [7, 11) is 1.70. The molecule has 0 fully saturated rings. The molecule has 0 N–H and O–H groups in total. The summed E-state index contributed by atoms with van der Waals surface area (Å²) < 4.78 is 10.5. The number of benzene rings is 3. The van der Waals surface area contributed by atoms with Crippen LogP contribution in [0, 0.1) is 0 Å². The molecule has 1 aliphatic rings. The first kappa shape index (κ1) is 17.6. The third-order valence-electron chi connectivity index (χ3n) is 4.75. The summed E-state index contributed by atoms with van der Waals surface area (Å²) >= 11 is 2.06. The quantitative estimate of drug-likeness (QED) is 0.426. The number of aromatic nitrogens is 2. The summed E-state index contributed by atoms with van der Waals surface area (Å²) in [5, 5.41) is 1.07. The third-order valence-corrected chi connectivity index (χ3v) is 8.28. The van der Waals surface area contributed by atoms with Gasteiger partial charge in [-0.2, -0.15) is 0 Å². The summed E-state index contributed by atoms with van der Waals surface area (Å²) in [6, 6.07) is 27.6. The van der Waals surface area contributed by atoms with Crippen LogP contribution in [-0.4, -0.2) is 31.6 Å². The first-order valence-corrected chi connectivity index (χ1v) is 11.6. The van der Waals surface area contributed by atoms with E-state index in [9.17, 15) is 0 Å². The molecule has 138 valence electrons. The minimum atomic E-state index is 0.134. The second kappa shape index (κ2) is 7.51. The Bertz CT molecular complexity index is 1150. The van der Waals surface area contributed by atoms with Crippen molar-refractivity contribution in [3.63, 3.8) is 0 Å². The average molecular weight is 449 g/mol. The molecule has 3 aromatic carbocycles. The molecular weight excluding hydrogens is 431 g/mol. The number of hydrogen-bond acceptors (Lipinski definition) is 3. The molecule has 0 amide bonds. The van der Waals surface area contributed by atoms with E-state index in [1.54, 1.807) is 18.9 Å². The van der Waals surface area contributed by atoms with Gasteiger partial charge in [-0.15, -0.1) is 0 Å². The Morgan fingerprint density at radius 3 is 2.46 bits per heavy atom. The zero-order valence-electron chi connectivity index (χ0n) is 15.3. The van der Waals surface area contributed by atoms with Crippen molar-refractivity contribution in [2.45, 2.75) is 11.2 Å². The Balaban J connectivity index is 1.61. The van der Waals surface area contributed by atoms with Crippen molar-refractivity contribution in [3.05, 3.63) is 94.3 Å². The van der Waals surface area contributed by atoms with Crippen LogP contribution in [0.4, 0.5) is 0 Å². The van der Waals surface area contributed by atoms with Gasteiger partial charge in [-0.3, -0.25) is 0 Å². The maximum absolute atomic E-state index is 5.35. The molecule has 3 nitrogen and oxygen atoms in total. The van der Waals surface area contributed by atoms with Crippen molar-refractivity contribution >= 4 is 42.2 Å². The standard InChI is InChI=1S/C23H18N2OSSe/c1-26-17-13-11-16(12-14-17)21-15-22(28-18-7-3-2-4-8-18)27-23-24-19-9-5-6-10-20(19)25(21)23/h2-15,21H,1H3. The van der Waals surface area contributed by atoms with Gasteiger partial charge in [0, 0.05) is 0 Å². The molecule has 0 saturated heterocycles. The fourth-order valence-corrected chi connectivity index (χ4v) is 7.02. The van der Waals surface area contributed by atoms with Crippen LogP contribution in [-0.2, 0) is 0 Å². The average Bonchev–Trinajstić information content (AvgIpc) is 3.12. The molecule has 0 bridgehead atoms. The minimum absolute atomic E-state index is 0.134. The zero-order valence-corrected chi connectivity index (χ0v) is 17.8. The number of rotatable bonds is 4. The zero-order chi connectivity index (χ0) is 18.9. The molecule has 1 aliphatic heterocycles. The van der Waals surface area contributed by atoms with Gasteiger partial charge in [0.25, 0.3) is 0 Å². The summed E-state index contributed by atoms with van der Waals surface area (Å²) in [5.41, 5.74) is 3.46. The maximum atomic E-state index is 5.35. The SMILES string of the molecule is COc1ccc(C2C=C([Se]c3ccccc3)Sc3nc4ccccc4n32)cc1. The summed E-state index contributed by atoms with van der Waals surface area (Å²) in [4.78, 5) is 4.92. The van der Waals surface area contributed by atoms with Crippen LogP contribution < -0.4 is 9.20 Å². The number of imidazole rings is 1. The van der Waals surface area contributed by atoms with Gasteiger partial charge in [-0.25, -0.2) is 0 Å². The number of nitrogens with zero attached hydrogens (tertiary/aromatic N) is 2. The second-order valence-corrected chi connectivity index (χ2v) is 10.4. The predicted octanol–water partition coefficient (Wildman–Crippen LogP) is 4.61. The van der Waals surface area contributed by atoms with E-state index in [1.807, 2.05) is 12.1 Å². The van der Waals surface area contributed by atoms with Gasteiger partial charge in [0.05, 0.1) is 0 Å². The van der Waals surface area contributed by atoms with E-state index in [0.29, 0.717) is 0 Å². The first-order valence-electron chi connectivity index (χ1n) is 9.05. The van der Waals surface area contributed by atoms with Crippen LogP contribution in [0.2, 0.25) is 0 Å². The van der Waals surface area contributed by atoms with Crippen molar-refractivity contribution < 1.29 is 4.74 Å². The van der Waals surface area contributed by atoms with Gasteiger partial charge in [-0.1, -0.05) is 0 Å². The predicted molar refractivity (Wildman–Crippen MR) is 117 cm³/mol. The molecular formula is C23H18N2OSSe. The van der Waals surface area contributed by atoms with Crippen LogP contribution in [0.1, 0.15) is 11.6 Å². The van der Waals surface area contributed by atoms with E-state index >= 15 is 0 Å². The number of fused-ring (bicyclic) bond motifs is 3. The molecule has 0 saturated carbocycles. The molecule has 5 rings (SSSR count). The van der Waals surface area contributed by atoms with Crippen molar-refractivity contribution in [1.29, 1.82) is 0 Å². The van der Waals surface area contributed by atoms with Gasteiger partial charge in [-0.05, 0) is 0 Å². The second-order valence-electron chi connectivity index (χ2n) is 6.47. The Labute approximate surface area is 174 Å². The molecule has 5 heteroatoms. The Hall–Kier alpha value is -2.46. The van der Waals surface area contributed by atoms with E-state index in [4.69, 9.17) is 9.72 Å². The number of ether oxygens (including phenoxy) is 1. The van der Waals surface area contributed by atoms with Crippen LogP contribution in [0.15, 0.2) is 93.9 Å². The molecule has 0 radical (unpaired) electrons. The fraction of sp³-hybridized carbons (Fsp3) is 0.0870. The molecule has 0 aliphatic carbocycles. The van der Waals surface area contributed by atoms with Gasteiger partial charge >= 0.3 is 175 Å². The molecule has 4 aromatic rings. The molecule has 0 spiro atoms. The van der Waals surface area contributed by atoms with Crippen molar-refractivity contribution in [1.82, 2.24) is 9.55 Å². The number of methoxy groups -OCH3 is 1. The van der Waals surface area contributed by atoms with Crippen molar-refractivity contribution in [2.75, 3.05) is 7.11 Å². The first-order chi connectivity index (χ1) is 13.8. The van der Waals surface area contributed by atoms with Crippen molar-refractivity contribution in [2.24, 2.45) is 0 Å².